The van der Waals surface area contributed by atoms with Crippen molar-refractivity contribution in [2.24, 2.45) is 0 Å². The van der Waals surface area contributed by atoms with Crippen LogP contribution in [0.3, 0.4) is 0 Å². The van der Waals surface area contributed by atoms with Crippen LogP contribution in [0.1, 0.15) is 15.9 Å². The number of aromatic nitrogens is 2. The first-order chi connectivity index (χ1) is 10.4. The number of carbonyl (C=O) groups is 1. The fourth-order valence-corrected chi connectivity index (χ4v) is 2.20. The Morgan fingerprint density at radius 2 is 1.59 bits per heavy atom. The van der Waals surface area contributed by atoms with E-state index in [0.717, 1.165) is 12.3 Å². The SMILES string of the molecule is N=Cc1c(O)cc(O)c2nc3c(C(=O)O)ccc(O)c3nc12. The lowest BCUT2D eigenvalue weighted by molar-refractivity contribution is 0.0699. The molecule has 0 aliphatic carbocycles. The average molecular weight is 299 g/mol. The van der Waals surface area contributed by atoms with Gasteiger partial charge in [-0.2, -0.15) is 0 Å². The molecule has 0 unspecified atom stereocenters. The molecule has 0 spiro atoms. The summed E-state index contributed by atoms with van der Waals surface area (Å²) in [6, 6.07) is 3.33. The Hall–Kier alpha value is -3.42. The van der Waals surface area contributed by atoms with Crippen LogP contribution in [0.4, 0.5) is 0 Å². The molecule has 0 saturated carbocycles. The van der Waals surface area contributed by atoms with Crippen molar-refractivity contribution in [1.29, 1.82) is 5.41 Å². The third-order valence-corrected chi connectivity index (χ3v) is 3.22. The molecule has 8 nitrogen and oxygen atoms in total. The Balaban J connectivity index is 2.59. The molecule has 110 valence electrons. The minimum atomic E-state index is -1.26. The maximum Gasteiger partial charge on any atom is 0.337 e. The number of benzene rings is 2. The Morgan fingerprint density at radius 3 is 2.23 bits per heavy atom. The summed E-state index contributed by atoms with van der Waals surface area (Å²) in [6.07, 6.45) is 0.829. The van der Waals surface area contributed by atoms with Gasteiger partial charge in [0.25, 0.3) is 0 Å². The molecule has 3 aromatic rings. The van der Waals surface area contributed by atoms with E-state index in [4.69, 9.17) is 5.41 Å². The van der Waals surface area contributed by atoms with E-state index in [9.17, 15) is 25.2 Å². The predicted octanol–water partition coefficient (Wildman–Crippen LogP) is 1.60. The fourth-order valence-electron chi connectivity index (χ4n) is 2.20. The summed E-state index contributed by atoms with van der Waals surface area (Å²) < 4.78 is 0. The van der Waals surface area contributed by atoms with Gasteiger partial charge in [0.2, 0.25) is 0 Å². The summed E-state index contributed by atoms with van der Waals surface area (Å²) in [5.41, 5.74) is -0.472. The second-order valence-electron chi connectivity index (χ2n) is 4.53. The number of hydrogen-bond acceptors (Lipinski definition) is 7. The average Bonchev–Trinajstić information content (AvgIpc) is 2.46. The molecule has 1 heterocycles. The van der Waals surface area contributed by atoms with Crippen LogP contribution in [0.25, 0.3) is 22.1 Å². The maximum atomic E-state index is 11.2. The van der Waals surface area contributed by atoms with Crippen LogP contribution in [0.2, 0.25) is 0 Å². The molecule has 0 radical (unpaired) electrons. The van der Waals surface area contributed by atoms with Crippen molar-refractivity contribution in [2.45, 2.75) is 0 Å². The van der Waals surface area contributed by atoms with E-state index in [2.05, 4.69) is 9.97 Å². The number of hydrogen-bond donors (Lipinski definition) is 5. The van der Waals surface area contributed by atoms with E-state index >= 15 is 0 Å². The van der Waals surface area contributed by atoms with E-state index < -0.39 is 11.7 Å². The number of nitrogens with one attached hydrogen (secondary N) is 1. The second kappa shape index (κ2) is 4.55. The standard InChI is InChI=1S/C14H9N3O5/c15-4-6-8(19)3-9(20)13-11(6)17-12-7(18)2-1-5(14(21)22)10(12)16-13/h1-4,15,18-20H,(H,21,22). The van der Waals surface area contributed by atoms with Crippen LogP contribution < -0.4 is 0 Å². The topological polar surface area (TPSA) is 148 Å². The van der Waals surface area contributed by atoms with Gasteiger partial charge in [-0.05, 0) is 12.1 Å². The van der Waals surface area contributed by atoms with Crippen molar-refractivity contribution in [2.75, 3.05) is 0 Å². The highest BCUT2D eigenvalue weighted by Gasteiger charge is 2.19. The monoisotopic (exact) mass is 299 g/mol. The van der Waals surface area contributed by atoms with Crippen LogP contribution in [-0.2, 0) is 0 Å². The Morgan fingerprint density at radius 1 is 0.955 bits per heavy atom. The molecule has 0 aliphatic rings. The van der Waals surface area contributed by atoms with Crippen molar-refractivity contribution in [3.8, 4) is 17.2 Å². The molecule has 1 aromatic heterocycles. The predicted molar refractivity (Wildman–Crippen MR) is 76.9 cm³/mol. The molecule has 8 heteroatoms. The van der Waals surface area contributed by atoms with Gasteiger partial charge in [0, 0.05) is 12.3 Å². The summed E-state index contributed by atoms with van der Waals surface area (Å²) in [4.78, 5) is 19.3. The van der Waals surface area contributed by atoms with Crippen LogP contribution in [0.15, 0.2) is 18.2 Å². The highest BCUT2D eigenvalue weighted by Crippen LogP contribution is 2.35. The normalized spacial score (nSPS) is 10.9. The van der Waals surface area contributed by atoms with Gasteiger partial charge in [-0.25, -0.2) is 14.8 Å². The van der Waals surface area contributed by atoms with Gasteiger partial charge in [-0.15, -0.1) is 0 Å². The van der Waals surface area contributed by atoms with Crippen molar-refractivity contribution < 1.29 is 25.2 Å². The lowest BCUT2D eigenvalue weighted by Gasteiger charge is -2.09. The third-order valence-electron chi connectivity index (χ3n) is 3.22. The Labute approximate surface area is 122 Å². The van der Waals surface area contributed by atoms with Gasteiger partial charge >= 0.3 is 5.97 Å². The van der Waals surface area contributed by atoms with Crippen LogP contribution in [-0.4, -0.2) is 42.6 Å². The number of aromatic carboxylic acids is 1. The highest BCUT2D eigenvalue weighted by molar-refractivity contribution is 6.07. The van der Waals surface area contributed by atoms with Gasteiger partial charge in [-0.1, -0.05) is 0 Å². The van der Waals surface area contributed by atoms with Gasteiger partial charge < -0.3 is 25.8 Å². The summed E-state index contributed by atoms with van der Waals surface area (Å²) in [7, 11) is 0. The molecule has 0 fully saturated rings. The molecule has 0 saturated heterocycles. The number of carboxylic acids is 1. The summed E-state index contributed by atoms with van der Waals surface area (Å²) in [5, 5.41) is 46.0. The molecule has 3 rings (SSSR count). The maximum absolute atomic E-state index is 11.2. The molecule has 2 aromatic carbocycles. The number of phenolic OH excluding ortho intramolecular Hbond substituents is 3. The Kier molecular flexibility index (Phi) is 2.81. The van der Waals surface area contributed by atoms with Crippen molar-refractivity contribution in [3.05, 3.63) is 29.3 Å². The number of fused-ring (bicyclic) bond motifs is 2. The smallest absolute Gasteiger partial charge is 0.337 e. The molecular weight excluding hydrogens is 290 g/mol. The molecule has 0 atom stereocenters. The van der Waals surface area contributed by atoms with Crippen LogP contribution >= 0.6 is 0 Å². The van der Waals surface area contributed by atoms with E-state index in [1.54, 1.807) is 0 Å². The van der Waals surface area contributed by atoms with E-state index in [1.807, 2.05) is 0 Å². The first kappa shape index (κ1) is 13.6. The van der Waals surface area contributed by atoms with Gasteiger partial charge in [0.15, 0.2) is 0 Å². The second-order valence-corrected chi connectivity index (χ2v) is 4.53. The van der Waals surface area contributed by atoms with Gasteiger partial charge in [0.05, 0.1) is 11.1 Å². The number of rotatable bonds is 2. The van der Waals surface area contributed by atoms with Gasteiger partial charge in [-0.3, -0.25) is 0 Å². The lowest BCUT2D eigenvalue weighted by atomic mass is 10.1. The first-order valence-electron chi connectivity index (χ1n) is 6.06. The largest absolute Gasteiger partial charge is 0.507 e. The molecular formula is C14H9N3O5. The lowest BCUT2D eigenvalue weighted by Crippen LogP contribution is -2.01. The van der Waals surface area contributed by atoms with E-state index in [-0.39, 0.29) is 44.7 Å². The number of nitrogens with zero attached hydrogens (tertiary/aromatic N) is 2. The first-order valence-corrected chi connectivity index (χ1v) is 6.06. The molecule has 0 bridgehead atoms. The third kappa shape index (κ3) is 1.78. The van der Waals surface area contributed by atoms with Crippen LogP contribution in [0, 0.1) is 5.41 Å². The van der Waals surface area contributed by atoms with Crippen LogP contribution in [0.5, 0.6) is 17.2 Å². The quantitative estimate of drug-likeness (QED) is 0.356. The van der Waals surface area contributed by atoms with Gasteiger partial charge in [0.1, 0.15) is 39.3 Å². The summed E-state index contributed by atoms with van der Waals surface area (Å²) in [6.45, 7) is 0. The minimum Gasteiger partial charge on any atom is -0.507 e. The van der Waals surface area contributed by atoms with Crippen molar-refractivity contribution in [1.82, 2.24) is 9.97 Å². The zero-order valence-corrected chi connectivity index (χ0v) is 10.9. The van der Waals surface area contributed by atoms with Crippen molar-refractivity contribution in [3.63, 3.8) is 0 Å². The molecule has 22 heavy (non-hydrogen) atoms. The zero-order chi connectivity index (χ0) is 16.0. The minimum absolute atomic E-state index is 0.00216. The number of aromatic hydroxyl groups is 3. The van der Waals surface area contributed by atoms with E-state index in [0.29, 0.717) is 0 Å². The number of carboxylic acid groups (broad SMARTS) is 1. The molecule has 0 aliphatic heterocycles. The fraction of sp³-hybridized carbons (Fsp3) is 0. The summed E-state index contributed by atoms with van der Waals surface area (Å²) in [5.74, 6) is -2.34. The van der Waals surface area contributed by atoms with Crippen molar-refractivity contribution >= 4 is 34.3 Å². The molecule has 5 N–H and O–H groups in total. The zero-order valence-electron chi connectivity index (χ0n) is 10.9. The highest BCUT2D eigenvalue weighted by atomic mass is 16.4. The Bertz CT molecular complexity index is 968. The molecule has 0 amide bonds. The van der Waals surface area contributed by atoms with E-state index in [1.165, 1.54) is 12.1 Å². The summed E-state index contributed by atoms with van der Waals surface area (Å²) >= 11 is 0. The number of phenols is 3.